The van der Waals surface area contributed by atoms with Gasteiger partial charge in [-0.05, 0) is 50.2 Å². The molecule has 1 fully saturated rings. The monoisotopic (exact) mass is 422 g/mol. The van der Waals surface area contributed by atoms with Crippen molar-refractivity contribution in [3.05, 3.63) is 59.3 Å². The molecule has 3 rings (SSSR count). The van der Waals surface area contributed by atoms with E-state index >= 15 is 0 Å². The average molecular weight is 423 g/mol. The lowest BCUT2D eigenvalue weighted by Crippen LogP contribution is -2.48. The molecule has 1 heterocycles. The minimum Gasteiger partial charge on any atom is -0.313 e. The molecule has 1 unspecified atom stereocenters. The van der Waals surface area contributed by atoms with Gasteiger partial charge in [-0.25, -0.2) is 0 Å². The average Bonchev–Trinajstić information content (AvgIpc) is 2.80. The van der Waals surface area contributed by atoms with Gasteiger partial charge in [0.15, 0.2) is 0 Å². The lowest BCUT2D eigenvalue weighted by atomic mass is 9.87. The second kappa shape index (κ2) is 12.2. The van der Waals surface area contributed by atoms with E-state index in [4.69, 9.17) is 0 Å². The van der Waals surface area contributed by atoms with Crippen molar-refractivity contribution in [2.45, 2.75) is 84.6 Å². The van der Waals surface area contributed by atoms with E-state index in [9.17, 15) is 4.79 Å². The molecule has 1 aliphatic heterocycles. The second-order valence-electron chi connectivity index (χ2n) is 9.40. The highest BCUT2D eigenvalue weighted by atomic mass is 16.2. The summed E-state index contributed by atoms with van der Waals surface area (Å²) in [5.41, 5.74) is 4.23. The quantitative estimate of drug-likeness (QED) is 0.409. The van der Waals surface area contributed by atoms with Crippen molar-refractivity contribution in [2.24, 2.45) is 5.92 Å². The van der Waals surface area contributed by atoms with Crippen molar-refractivity contribution in [3.8, 4) is 0 Å². The summed E-state index contributed by atoms with van der Waals surface area (Å²) in [6.45, 7) is 9.86. The number of allylic oxidation sites excluding steroid dienone is 4. The van der Waals surface area contributed by atoms with Gasteiger partial charge in [0.05, 0.1) is 0 Å². The van der Waals surface area contributed by atoms with E-state index in [2.05, 4.69) is 66.1 Å². The van der Waals surface area contributed by atoms with E-state index in [1.807, 2.05) is 6.92 Å². The first kappa shape index (κ1) is 23.8. The maximum absolute atomic E-state index is 13.0. The van der Waals surface area contributed by atoms with Crippen LogP contribution in [-0.2, 0) is 11.2 Å². The van der Waals surface area contributed by atoms with E-state index in [1.165, 1.54) is 36.9 Å². The number of unbranched alkanes of at least 4 members (excludes halogenated alkanes) is 2. The van der Waals surface area contributed by atoms with Crippen LogP contribution in [0.2, 0.25) is 0 Å². The molecular formula is C28H42N2O. The Hall–Kier alpha value is -1.87. The number of likely N-dealkylation sites (tertiary alicyclic amines) is 1. The molecule has 0 saturated carbocycles. The van der Waals surface area contributed by atoms with Gasteiger partial charge in [0, 0.05) is 43.7 Å². The minimum atomic E-state index is 0.295. The van der Waals surface area contributed by atoms with Crippen molar-refractivity contribution in [1.29, 1.82) is 0 Å². The number of hydrogen-bond acceptors (Lipinski definition) is 2. The number of piperidine rings is 1. The van der Waals surface area contributed by atoms with Gasteiger partial charge in [-0.15, -0.1) is 0 Å². The third-order valence-corrected chi connectivity index (χ3v) is 7.00. The Kier molecular flexibility index (Phi) is 9.39. The third kappa shape index (κ3) is 6.80. The van der Waals surface area contributed by atoms with Crippen molar-refractivity contribution >= 4 is 5.91 Å². The Balaban J connectivity index is 1.59. The molecule has 1 atom stereocenters. The van der Waals surface area contributed by atoms with E-state index < -0.39 is 0 Å². The van der Waals surface area contributed by atoms with E-state index in [1.54, 1.807) is 5.57 Å². The molecule has 0 N–H and O–H groups in total. The first-order valence-corrected chi connectivity index (χ1v) is 12.6. The summed E-state index contributed by atoms with van der Waals surface area (Å²) >= 11 is 0. The molecule has 1 aliphatic carbocycles. The molecule has 1 aromatic carbocycles. The number of benzene rings is 1. The molecule has 3 heteroatoms. The van der Waals surface area contributed by atoms with Gasteiger partial charge in [-0.1, -0.05) is 75.6 Å². The van der Waals surface area contributed by atoms with Gasteiger partial charge in [0.1, 0.15) is 0 Å². The zero-order valence-electron chi connectivity index (χ0n) is 20.0. The SMILES string of the molecule is CCCCCC1=CC=C(N(C(=O)CC)C2CCN(CCc3ccccc3)CC2)C(C)C1. The van der Waals surface area contributed by atoms with Crippen LogP contribution in [0.3, 0.4) is 0 Å². The lowest BCUT2D eigenvalue weighted by molar-refractivity contribution is -0.132. The number of carbonyl (C=O) groups excluding carboxylic acids is 1. The number of amides is 1. The molecule has 1 amide bonds. The topological polar surface area (TPSA) is 23.6 Å². The summed E-state index contributed by atoms with van der Waals surface area (Å²) in [7, 11) is 0. The maximum atomic E-state index is 13.0. The number of hydrogen-bond donors (Lipinski definition) is 0. The van der Waals surface area contributed by atoms with Crippen LogP contribution >= 0.6 is 0 Å². The lowest BCUT2D eigenvalue weighted by Gasteiger charge is -2.42. The Morgan fingerprint density at radius 3 is 2.42 bits per heavy atom. The summed E-state index contributed by atoms with van der Waals surface area (Å²) in [5.74, 6) is 0.733. The minimum absolute atomic E-state index is 0.295. The standard InChI is InChI=1S/C28H42N2O/c1-4-6-8-13-25-14-15-27(23(3)22-25)30(28(31)5-2)26-17-20-29(21-18-26)19-16-24-11-9-7-10-12-24/h7,9-12,14-15,23,26H,4-6,8,13,16-22H2,1-3H3. The Morgan fingerprint density at radius 2 is 1.77 bits per heavy atom. The van der Waals surface area contributed by atoms with Crippen LogP contribution in [0, 0.1) is 5.92 Å². The van der Waals surface area contributed by atoms with Crippen LogP contribution in [-0.4, -0.2) is 41.4 Å². The fraction of sp³-hybridized carbons (Fsp3) is 0.607. The van der Waals surface area contributed by atoms with E-state index in [0.717, 1.165) is 45.3 Å². The summed E-state index contributed by atoms with van der Waals surface area (Å²) in [5, 5.41) is 0. The van der Waals surface area contributed by atoms with Crippen LogP contribution in [0.1, 0.15) is 77.7 Å². The predicted molar refractivity (Wildman–Crippen MR) is 131 cm³/mol. The third-order valence-electron chi connectivity index (χ3n) is 7.00. The zero-order valence-corrected chi connectivity index (χ0v) is 20.0. The molecule has 0 aromatic heterocycles. The fourth-order valence-corrected chi connectivity index (χ4v) is 5.10. The maximum Gasteiger partial charge on any atom is 0.226 e. The van der Waals surface area contributed by atoms with Gasteiger partial charge in [-0.3, -0.25) is 4.79 Å². The van der Waals surface area contributed by atoms with Crippen molar-refractivity contribution in [2.75, 3.05) is 19.6 Å². The highest BCUT2D eigenvalue weighted by Crippen LogP contribution is 2.33. The molecule has 0 bridgehead atoms. The molecule has 3 nitrogen and oxygen atoms in total. The number of rotatable bonds is 10. The van der Waals surface area contributed by atoms with E-state index in [-0.39, 0.29) is 0 Å². The number of carbonyl (C=O) groups is 1. The molecule has 170 valence electrons. The Morgan fingerprint density at radius 1 is 1.03 bits per heavy atom. The van der Waals surface area contributed by atoms with Crippen molar-refractivity contribution in [3.63, 3.8) is 0 Å². The first-order valence-electron chi connectivity index (χ1n) is 12.6. The molecule has 31 heavy (non-hydrogen) atoms. The van der Waals surface area contributed by atoms with Crippen LogP contribution in [0.5, 0.6) is 0 Å². The van der Waals surface area contributed by atoms with Gasteiger partial charge in [0.2, 0.25) is 5.91 Å². The molecule has 1 aromatic rings. The zero-order chi connectivity index (χ0) is 22.1. The molecule has 2 aliphatic rings. The molecule has 0 spiro atoms. The Bertz CT molecular complexity index is 744. The fourth-order valence-electron chi connectivity index (χ4n) is 5.10. The second-order valence-corrected chi connectivity index (χ2v) is 9.40. The van der Waals surface area contributed by atoms with Gasteiger partial charge >= 0.3 is 0 Å². The number of nitrogens with zero attached hydrogens (tertiary/aromatic N) is 2. The molecule has 1 saturated heterocycles. The van der Waals surface area contributed by atoms with Gasteiger partial charge < -0.3 is 9.80 Å². The highest BCUT2D eigenvalue weighted by molar-refractivity contribution is 5.78. The highest BCUT2D eigenvalue weighted by Gasteiger charge is 2.32. The molecule has 0 radical (unpaired) electrons. The summed E-state index contributed by atoms with van der Waals surface area (Å²) in [6, 6.07) is 11.1. The first-order chi connectivity index (χ1) is 15.1. The van der Waals surface area contributed by atoms with Crippen LogP contribution in [0.25, 0.3) is 0 Å². The van der Waals surface area contributed by atoms with Crippen LogP contribution in [0.4, 0.5) is 0 Å². The Labute approximate surface area is 190 Å². The van der Waals surface area contributed by atoms with E-state index in [0.29, 0.717) is 24.3 Å². The van der Waals surface area contributed by atoms with Crippen LogP contribution < -0.4 is 0 Å². The smallest absolute Gasteiger partial charge is 0.226 e. The summed E-state index contributed by atoms with van der Waals surface area (Å²) < 4.78 is 0. The normalized spacial score (nSPS) is 20.3. The largest absolute Gasteiger partial charge is 0.313 e. The summed E-state index contributed by atoms with van der Waals surface area (Å²) in [6.07, 6.45) is 14.6. The predicted octanol–water partition coefficient (Wildman–Crippen LogP) is 6.36. The van der Waals surface area contributed by atoms with Gasteiger partial charge in [-0.2, -0.15) is 0 Å². The molecular weight excluding hydrogens is 380 g/mol. The van der Waals surface area contributed by atoms with Crippen molar-refractivity contribution < 1.29 is 4.79 Å². The van der Waals surface area contributed by atoms with Crippen LogP contribution in [0.15, 0.2) is 53.8 Å². The van der Waals surface area contributed by atoms with Crippen molar-refractivity contribution in [1.82, 2.24) is 9.80 Å². The van der Waals surface area contributed by atoms with Gasteiger partial charge in [0.25, 0.3) is 0 Å². The summed E-state index contributed by atoms with van der Waals surface area (Å²) in [4.78, 5) is 17.8.